The number of guanidine groups is 1. The molecule has 0 saturated carbocycles. The summed E-state index contributed by atoms with van der Waals surface area (Å²) in [6, 6.07) is 4.62. The van der Waals surface area contributed by atoms with E-state index in [2.05, 4.69) is 70.6 Å². The minimum Gasteiger partial charge on any atom is -0.355 e. The number of thiophene rings is 1. The molecular weight excluding hydrogens is 459 g/mol. The van der Waals surface area contributed by atoms with Crippen LogP contribution in [0.5, 0.6) is 0 Å². The van der Waals surface area contributed by atoms with Crippen molar-refractivity contribution in [3.05, 3.63) is 34.5 Å². The van der Waals surface area contributed by atoms with Crippen LogP contribution in [0.4, 0.5) is 0 Å². The summed E-state index contributed by atoms with van der Waals surface area (Å²) in [5.74, 6) is 2.44. The van der Waals surface area contributed by atoms with Crippen molar-refractivity contribution in [3.8, 4) is 0 Å². The SMILES string of the molecule is CCc1nncn1CCNC(=NCCc1cccs1)NC(C)C(C)C.I. The van der Waals surface area contributed by atoms with Crippen molar-refractivity contribution in [1.82, 2.24) is 25.4 Å². The summed E-state index contributed by atoms with van der Waals surface area (Å²) in [6.45, 7) is 11.1. The molecule has 0 saturated heterocycles. The van der Waals surface area contributed by atoms with Gasteiger partial charge in [0.1, 0.15) is 12.2 Å². The van der Waals surface area contributed by atoms with Crippen LogP contribution in [0.15, 0.2) is 28.8 Å². The maximum absolute atomic E-state index is 4.74. The summed E-state index contributed by atoms with van der Waals surface area (Å²) in [4.78, 5) is 6.12. The van der Waals surface area contributed by atoms with Gasteiger partial charge in [0, 0.05) is 43.4 Å². The Labute approximate surface area is 177 Å². The van der Waals surface area contributed by atoms with Crippen molar-refractivity contribution < 1.29 is 0 Å². The Bertz CT molecular complexity index is 638. The molecule has 2 rings (SSSR count). The molecule has 0 fully saturated rings. The molecule has 2 N–H and O–H groups in total. The molecule has 0 amide bonds. The lowest BCUT2D eigenvalue weighted by atomic mass is 10.1. The van der Waals surface area contributed by atoms with Crippen molar-refractivity contribution in [2.75, 3.05) is 13.1 Å². The number of hydrogen-bond donors (Lipinski definition) is 2. The number of aromatic nitrogens is 3. The highest BCUT2D eigenvalue weighted by Gasteiger charge is 2.09. The lowest BCUT2D eigenvalue weighted by molar-refractivity contribution is 0.479. The molecule has 26 heavy (non-hydrogen) atoms. The van der Waals surface area contributed by atoms with Gasteiger partial charge >= 0.3 is 0 Å². The van der Waals surface area contributed by atoms with E-state index in [0.717, 1.165) is 44.3 Å². The Kier molecular flexibility index (Phi) is 10.8. The second-order valence-corrected chi connectivity index (χ2v) is 7.49. The number of aliphatic imine (C=N–C) groups is 1. The van der Waals surface area contributed by atoms with Crippen molar-refractivity contribution in [3.63, 3.8) is 0 Å². The minimum atomic E-state index is 0. The molecule has 0 aliphatic rings. The van der Waals surface area contributed by atoms with E-state index in [1.165, 1.54) is 4.88 Å². The predicted molar refractivity (Wildman–Crippen MR) is 121 cm³/mol. The fourth-order valence-corrected chi connectivity index (χ4v) is 3.00. The Morgan fingerprint density at radius 2 is 2.15 bits per heavy atom. The maximum Gasteiger partial charge on any atom is 0.191 e. The Morgan fingerprint density at radius 3 is 2.81 bits per heavy atom. The van der Waals surface area contributed by atoms with Gasteiger partial charge < -0.3 is 15.2 Å². The number of hydrogen-bond acceptors (Lipinski definition) is 4. The van der Waals surface area contributed by atoms with E-state index in [1.54, 1.807) is 17.7 Å². The fourth-order valence-electron chi connectivity index (χ4n) is 2.30. The van der Waals surface area contributed by atoms with Gasteiger partial charge in [0.15, 0.2) is 5.96 Å². The van der Waals surface area contributed by atoms with Crippen LogP contribution in [0.2, 0.25) is 0 Å². The average Bonchev–Trinajstić information content (AvgIpc) is 3.25. The van der Waals surface area contributed by atoms with Gasteiger partial charge in [-0.2, -0.15) is 0 Å². The number of rotatable bonds is 9. The van der Waals surface area contributed by atoms with Crippen LogP contribution in [-0.2, 0) is 19.4 Å². The first kappa shape index (κ1) is 22.9. The molecule has 2 heterocycles. The standard InChI is InChI=1S/C18H30N6S.HI/c1-5-17-23-21-13-24(17)11-10-20-18(22-15(4)14(2)3)19-9-8-16-7-6-12-25-16;/h6-7,12-15H,5,8-11H2,1-4H3,(H2,19,20,22);1H. The van der Waals surface area contributed by atoms with E-state index < -0.39 is 0 Å². The highest BCUT2D eigenvalue weighted by atomic mass is 127. The average molecular weight is 490 g/mol. The summed E-state index contributed by atoms with van der Waals surface area (Å²) < 4.78 is 2.09. The van der Waals surface area contributed by atoms with Crippen molar-refractivity contribution in [2.24, 2.45) is 10.9 Å². The smallest absolute Gasteiger partial charge is 0.191 e. The molecule has 0 aliphatic heterocycles. The zero-order valence-electron chi connectivity index (χ0n) is 16.1. The second kappa shape index (κ2) is 12.3. The first-order chi connectivity index (χ1) is 12.1. The molecule has 0 bridgehead atoms. The topological polar surface area (TPSA) is 67.1 Å². The third-order valence-corrected chi connectivity index (χ3v) is 5.17. The molecule has 1 unspecified atom stereocenters. The fraction of sp³-hybridized carbons (Fsp3) is 0.611. The molecule has 0 spiro atoms. The van der Waals surface area contributed by atoms with Crippen LogP contribution in [-0.4, -0.2) is 39.9 Å². The molecular formula is C18H31IN6S. The van der Waals surface area contributed by atoms with Gasteiger partial charge in [0.05, 0.1) is 0 Å². The summed E-state index contributed by atoms with van der Waals surface area (Å²) in [6.07, 6.45) is 3.66. The highest BCUT2D eigenvalue weighted by molar-refractivity contribution is 14.0. The quantitative estimate of drug-likeness (QED) is 0.322. The van der Waals surface area contributed by atoms with Crippen LogP contribution in [0.25, 0.3) is 0 Å². The molecule has 0 aromatic carbocycles. The van der Waals surface area contributed by atoms with Gasteiger partial charge in [-0.1, -0.05) is 26.8 Å². The van der Waals surface area contributed by atoms with E-state index in [4.69, 9.17) is 4.99 Å². The van der Waals surface area contributed by atoms with Crippen LogP contribution in [0.3, 0.4) is 0 Å². The third-order valence-electron chi connectivity index (χ3n) is 4.23. The third kappa shape index (κ3) is 7.61. The molecule has 0 aliphatic carbocycles. The number of aryl methyl sites for hydroxylation is 1. The first-order valence-electron chi connectivity index (χ1n) is 9.04. The van der Waals surface area contributed by atoms with Crippen LogP contribution >= 0.6 is 35.3 Å². The van der Waals surface area contributed by atoms with Crippen molar-refractivity contribution in [1.29, 1.82) is 0 Å². The van der Waals surface area contributed by atoms with Crippen LogP contribution < -0.4 is 10.6 Å². The predicted octanol–water partition coefficient (Wildman–Crippen LogP) is 3.34. The lowest BCUT2D eigenvalue weighted by Gasteiger charge is -2.21. The Morgan fingerprint density at radius 1 is 1.35 bits per heavy atom. The number of nitrogens with zero attached hydrogens (tertiary/aromatic N) is 4. The van der Waals surface area contributed by atoms with Gasteiger partial charge in [-0.25, -0.2) is 0 Å². The van der Waals surface area contributed by atoms with Gasteiger partial charge in [0.25, 0.3) is 0 Å². The maximum atomic E-state index is 4.74. The van der Waals surface area contributed by atoms with Gasteiger partial charge in [0.2, 0.25) is 0 Å². The van der Waals surface area contributed by atoms with Gasteiger partial charge in [-0.3, -0.25) is 4.99 Å². The largest absolute Gasteiger partial charge is 0.355 e. The molecule has 1 atom stereocenters. The molecule has 8 heteroatoms. The normalized spacial score (nSPS) is 12.7. The first-order valence-corrected chi connectivity index (χ1v) is 9.92. The lowest BCUT2D eigenvalue weighted by Crippen LogP contribution is -2.45. The second-order valence-electron chi connectivity index (χ2n) is 6.46. The summed E-state index contributed by atoms with van der Waals surface area (Å²) >= 11 is 1.79. The zero-order valence-corrected chi connectivity index (χ0v) is 19.3. The van der Waals surface area contributed by atoms with Gasteiger partial charge in [-0.15, -0.1) is 45.5 Å². The van der Waals surface area contributed by atoms with E-state index in [-0.39, 0.29) is 24.0 Å². The summed E-state index contributed by atoms with van der Waals surface area (Å²) in [5, 5.41) is 17.2. The van der Waals surface area contributed by atoms with Crippen molar-refractivity contribution in [2.45, 2.75) is 53.1 Å². The Balaban J connectivity index is 0.00000338. The zero-order chi connectivity index (χ0) is 18.1. The Hall–Kier alpha value is -1.16. The number of halogens is 1. The van der Waals surface area contributed by atoms with Crippen molar-refractivity contribution >= 4 is 41.3 Å². The summed E-state index contributed by atoms with van der Waals surface area (Å²) in [5.41, 5.74) is 0. The van der Waals surface area contributed by atoms with E-state index in [0.29, 0.717) is 12.0 Å². The van der Waals surface area contributed by atoms with E-state index >= 15 is 0 Å². The molecule has 0 radical (unpaired) electrons. The van der Waals surface area contributed by atoms with Gasteiger partial charge in [-0.05, 0) is 24.3 Å². The highest BCUT2D eigenvalue weighted by Crippen LogP contribution is 2.08. The van der Waals surface area contributed by atoms with Crippen LogP contribution in [0, 0.1) is 5.92 Å². The molecule has 146 valence electrons. The molecule has 6 nitrogen and oxygen atoms in total. The van der Waals surface area contributed by atoms with E-state index in [1.807, 2.05) is 0 Å². The molecule has 2 aromatic heterocycles. The minimum absolute atomic E-state index is 0. The number of nitrogens with one attached hydrogen (secondary N) is 2. The van der Waals surface area contributed by atoms with E-state index in [9.17, 15) is 0 Å². The summed E-state index contributed by atoms with van der Waals surface area (Å²) in [7, 11) is 0. The monoisotopic (exact) mass is 490 g/mol. The van der Waals surface area contributed by atoms with Crippen LogP contribution in [0.1, 0.15) is 38.4 Å². The molecule has 2 aromatic rings.